The zero-order valence-corrected chi connectivity index (χ0v) is 12.5. The van der Waals surface area contributed by atoms with E-state index in [1.807, 2.05) is 0 Å². The summed E-state index contributed by atoms with van der Waals surface area (Å²) in [4.78, 5) is 0. The van der Waals surface area contributed by atoms with Crippen LogP contribution in [0.4, 0.5) is 65.9 Å². The van der Waals surface area contributed by atoms with Crippen molar-refractivity contribution in [2.75, 3.05) is 0 Å². The Balaban J connectivity index is 6.08. The van der Waals surface area contributed by atoms with E-state index in [-0.39, 0.29) is 6.08 Å². The van der Waals surface area contributed by atoms with Gasteiger partial charge in [0.25, 0.3) is 6.17 Å². The van der Waals surface area contributed by atoms with Gasteiger partial charge in [0.1, 0.15) is 0 Å². The lowest BCUT2D eigenvalue weighted by atomic mass is 9.88. The van der Waals surface area contributed by atoms with E-state index >= 15 is 0 Å². The number of allylic oxidation sites excluding steroid dienone is 1. The van der Waals surface area contributed by atoms with Crippen LogP contribution in [0.25, 0.3) is 0 Å². The lowest BCUT2D eigenvalue weighted by Crippen LogP contribution is -2.67. The van der Waals surface area contributed by atoms with Crippen LogP contribution in [0.1, 0.15) is 12.8 Å². The Kier molecular flexibility index (Phi) is 6.91. The van der Waals surface area contributed by atoms with Gasteiger partial charge in [0.2, 0.25) is 0 Å². The first-order chi connectivity index (χ1) is 11.6. The second-order valence-corrected chi connectivity index (χ2v) is 5.35. The van der Waals surface area contributed by atoms with E-state index < -0.39 is 61.0 Å². The van der Waals surface area contributed by atoms with Crippen LogP contribution in [-0.2, 0) is 0 Å². The predicted molar refractivity (Wildman–Crippen MR) is 59.7 cm³/mol. The van der Waals surface area contributed by atoms with Crippen molar-refractivity contribution in [2.45, 2.75) is 55.1 Å². The second-order valence-electron chi connectivity index (χ2n) is 5.35. The van der Waals surface area contributed by atoms with Crippen molar-refractivity contribution in [3.05, 3.63) is 12.7 Å². The fourth-order valence-corrected chi connectivity index (χ4v) is 1.78. The summed E-state index contributed by atoms with van der Waals surface area (Å²) >= 11 is 0. The van der Waals surface area contributed by atoms with Gasteiger partial charge >= 0.3 is 36.0 Å². The van der Waals surface area contributed by atoms with E-state index in [0.717, 1.165) is 0 Å². The average Bonchev–Trinajstić information content (AvgIpc) is 2.43. The Hall–Kier alpha value is -1.31. The van der Waals surface area contributed by atoms with E-state index in [9.17, 15) is 65.9 Å². The Morgan fingerprint density at radius 2 is 1.07 bits per heavy atom. The van der Waals surface area contributed by atoms with Gasteiger partial charge in [0.05, 0.1) is 5.92 Å². The molecule has 0 radical (unpaired) electrons. The molecule has 0 aliphatic rings. The summed E-state index contributed by atoms with van der Waals surface area (Å²) in [5.41, 5.74) is 0. The molecule has 0 aromatic heterocycles. The van der Waals surface area contributed by atoms with E-state index in [0.29, 0.717) is 0 Å². The highest BCUT2D eigenvalue weighted by atomic mass is 19.4. The first-order valence-electron chi connectivity index (χ1n) is 6.47. The third kappa shape index (κ3) is 4.76. The van der Waals surface area contributed by atoms with E-state index in [4.69, 9.17) is 0 Å². The Morgan fingerprint density at radius 3 is 1.37 bits per heavy atom. The Labute approximate surface area is 141 Å². The van der Waals surface area contributed by atoms with Gasteiger partial charge in [0.15, 0.2) is 0 Å². The topological polar surface area (TPSA) is 0 Å². The number of hydrogen-bond acceptors (Lipinski definition) is 0. The molecule has 0 bridgehead atoms. The molecule has 0 rings (SSSR count). The van der Waals surface area contributed by atoms with Crippen LogP contribution in [0.15, 0.2) is 12.7 Å². The van der Waals surface area contributed by atoms with Gasteiger partial charge < -0.3 is 0 Å². The summed E-state index contributed by atoms with van der Waals surface area (Å²) in [6.45, 7) is 2.67. The van der Waals surface area contributed by atoms with Crippen LogP contribution in [-0.4, -0.2) is 42.2 Å². The zero-order chi connectivity index (χ0) is 22.3. The fraction of sp³-hybridized carbons (Fsp3) is 0.833. The van der Waals surface area contributed by atoms with Crippen LogP contribution < -0.4 is 0 Å². The lowest BCUT2D eigenvalue weighted by molar-refractivity contribution is -0.395. The molecular formula is C12H9F15. The number of rotatable bonds is 8. The molecule has 0 amide bonds. The predicted octanol–water partition coefficient (Wildman–Crippen LogP) is 6.57. The smallest absolute Gasteiger partial charge is 0.230 e. The molecule has 2 unspecified atom stereocenters. The van der Waals surface area contributed by atoms with Crippen molar-refractivity contribution in [3.8, 4) is 0 Å². The van der Waals surface area contributed by atoms with Crippen molar-refractivity contribution in [1.82, 2.24) is 0 Å². The maximum atomic E-state index is 13.4. The maximum Gasteiger partial charge on any atom is 0.425 e. The Bertz CT molecular complexity index is 512. The van der Waals surface area contributed by atoms with Crippen molar-refractivity contribution >= 4 is 0 Å². The molecule has 0 spiro atoms. The number of hydrogen-bond donors (Lipinski definition) is 0. The summed E-state index contributed by atoms with van der Waals surface area (Å²) in [5, 5.41) is 0. The number of halogens is 15. The van der Waals surface area contributed by atoms with Crippen LogP contribution in [0, 0.1) is 5.92 Å². The summed E-state index contributed by atoms with van der Waals surface area (Å²) in [7, 11) is 0. The van der Waals surface area contributed by atoms with Gasteiger partial charge in [-0.05, 0) is 6.42 Å². The van der Waals surface area contributed by atoms with E-state index in [1.54, 1.807) is 0 Å². The fourth-order valence-electron chi connectivity index (χ4n) is 1.78. The molecule has 0 saturated heterocycles. The zero-order valence-electron chi connectivity index (χ0n) is 12.5. The first-order valence-corrected chi connectivity index (χ1v) is 6.47. The van der Waals surface area contributed by atoms with Gasteiger partial charge in [-0.25, -0.2) is 4.39 Å². The SMILES string of the molecule is C=CCC(CC(F)(F)C(F)(F)C(F)(F)C(F)(F)C(F)C(F)(F)F)C(F)(F)F. The molecule has 15 heteroatoms. The first kappa shape index (κ1) is 25.7. The third-order valence-electron chi connectivity index (χ3n) is 3.29. The minimum absolute atomic E-state index is 0.278. The largest absolute Gasteiger partial charge is 0.425 e. The van der Waals surface area contributed by atoms with Crippen LogP contribution in [0.5, 0.6) is 0 Å². The lowest BCUT2D eigenvalue weighted by Gasteiger charge is -2.39. The molecule has 0 aliphatic heterocycles. The van der Waals surface area contributed by atoms with E-state index in [2.05, 4.69) is 6.58 Å². The minimum Gasteiger partial charge on any atom is -0.230 e. The molecule has 0 aromatic rings. The van der Waals surface area contributed by atoms with Gasteiger partial charge in [0, 0.05) is 6.42 Å². The van der Waals surface area contributed by atoms with Crippen LogP contribution >= 0.6 is 0 Å². The highest BCUT2D eigenvalue weighted by molar-refractivity contribution is 5.08. The molecule has 0 saturated carbocycles. The van der Waals surface area contributed by atoms with E-state index in [1.165, 1.54) is 0 Å². The molecule has 0 fully saturated rings. The van der Waals surface area contributed by atoms with Crippen molar-refractivity contribution in [2.24, 2.45) is 5.92 Å². The Morgan fingerprint density at radius 1 is 0.667 bits per heavy atom. The monoisotopic (exact) mass is 438 g/mol. The molecule has 0 aromatic carbocycles. The normalized spacial score (nSPS) is 17.6. The van der Waals surface area contributed by atoms with Gasteiger partial charge in [-0.1, -0.05) is 6.08 Å². The van der Waals surface area contributed by atoms with Gasteiger partial charge in [-0.3, -0.25) is 0 Å². The summed E-state index contributed by atoms with van der Waals surface area (Å²) in [6.07, 6.45) is -23.0. The molecule has 27 heavy (non-hydrogen) atoms. The summed E-state index contributed by atoms with van der Waals surface area (Å²) in [6, 6.07) is 0. The molecular weight excluding hydrogens is 429 g/mol. The molecule has 0 aliphatic carbocycles. The van der Waals surface area contributed by atoms with Crippen molar-refractivity contribution < 1.29 is 65.9 Å². The molecule has 2 atom stereocenters. The third-order valence-corrected chi connectivity index (χ3v) is 3.29. The van der Waals surface area contributed by atoms with Gasteiger partial charge in [-0.2, -0.15) is 61.5 Å². The second kappa shape index (κ2) is 7.26. The average molecular weight is 438 g/mol. The quantitative estimate of drug-likeness (QED) is 0.297. The maximum absolute atomic E-state index is 13.4. The highest BCUT2D eigenvalue weighted by Gasteiger charge is 2.84. The molecule has 0 nitrogen and oxygen atoms in total. The molecule has 162 valence electrons. The minimum atomic E-state index is -7.69. The van der Waals surface area contributed by atoms with Crippen LogP contribution in [0.2, 0.25) is 0 Å². The standard InChI is InChI=1S/C12H9F15/c1-2-3-5(9(18,19)20)4-7(14,15)11(24,25)12(26,27)8(16,17)6(13)10(21,22)23/h2,5-6H,1,3-4H2. The summed E-state index contributed by atoms with van der Waals surface area (Å²) in [5.74, 6) is -32.6. The summed E-state index contributed by atoms with van der Waals surface area (Å²) < 4.78 is 191. The van der Waals surface area contributed by atoms with Crippen molar-refractivity contribution in [3.63, 3.8) is 0 Å². The molecule has 0 heterocycles. The van der Waals surface area contributed by atoms with Gasteiger partial charge in [-0.15, -0.1) is 6.58 Å². The highest BCUT2D eigenvalue weighted by Crippen LogP contribution is 2.57. The van der Waals surface area contributed by atoms with Crippen molar-refractivity contribution in [1.29, 1.82) is 0 Å². The molecule has 0 N–H and O–H groups in total. The number of alkyl halides is 15. The van der Waals surface area contributed by atoms with Crippen LogP contribution in [0.3, 0.4) is 0 Å².